The number of methoxy groups -OCH3 is 1. The van der Waals surface area contributed by atoms with Gasteiger partial charge in [0.05, 0.1) is 7.11 Å². The van der Waals surface area contributed by atoms with Gasteiger partial charge in [0.25, 0.3) is 0 Å². The molecular weight excluding hydrogens is 320 g/mol. The molecule has 1 aliphatic rings. The van der Waals surface area contributed by atoms with Crippen LogP contribution in [0.25, 0.3) is 0 Å². The predicted molar refractivity (Wildman–Crippen MR) is 85.7 cm³/mol. The molecule has 0 bridgehead atoms. The van der Waals surface area contributed by atoms with E-state index in [0.717, 1.165) is 18.8 Å². The largest absolute Gasteiger partial charge is 0.468 e. The first-order valence-corrected chi connectivity index (χ1v) is 7.93. The summed E-state index contributed by atoms with van der Waals surface area (Å²) in [5.41, 5.74) is 2.29. The number of nitrogens with one attached hydrogen (secondary N) is 1. The molecule has 1 fully saturated rings. The minimum atomic E-state index is -0.325. The van der Waals surface area contributed by atoms with E-state index in [0.29, 0.717) is 6.54 Å². The molecule has 1 aromatic rings. The van der Waals surface area contributed by atoms with Crippen LogP contribution >= 0.6 is 15.9 Å². The number of benzene rings is 1. The molecular formula is C15H21BrN2O2. The van der Waals surface area contributed by atoms with Crippen LogP contribution in [0.3, 0.4) is 0 Å². The van der Waals surface area contributed by atoms with E-state index in [1.54, 1.807) is 0 Å². The Bertz CT molecular complexity index is 430. The lowest BCUT2D eigenvalue weighted by Crippen LogP contribution is -2.29. The van der Waals surface area contributed by atoms with Gasteiger partial charge >= 0.3 is 5.97 Å². The molecule has 1 unspecified atom stereocenters. The summed E-state index contributed by atoms with van der Waals surface area (Å²) in [5, 5.41) is 3.22. The van der Waals surface area contributed by atoms with Crippen LogP contribution in [0.1, 0.15) is 19.3 Å². The topological polar surface area (TPSA) is 41.6 Å². The lowest BCUT2D eigenvalue weighted by atomic mass is 10.1. The molecule has 2 rings (SSSR count). The number of hydrogen-bond donors (Lipinski definition) is 1. The number of alkyl halides is 1. The average Bonchev–Trinajstić information content (AvgIpc) is 2.53. The Hall–Kier alpha value is -1.23. The maximum Gasteiger partial charge on any atom is 0.321 e. The maximum absolute atomic E-state index is 11.3. The van der Waals surface area contributed by atoms with E-state index in [1.807, 2.05) is 0 Å². The van der Waals surface area contributed by atoms with Crippen LogP contribution in [0, 0.1) is 0 Å². The molecule has 5 heteroatoms. The summed E-state index contributed by atoms with van der Waals surface area (Å²) in [6.45, 7) is 2.81. The molecule has 0 spiro atoms. The molecule has 110 valence electrons. The molecule has 0 amide bonds. The summed E-state index contributed by atoms with van der Waals surface area (Å²) in [5.74, 6) is -0.262. The third-order valence-electron chi connectivity index (χ3n) is 3.53. The Morgan fingerprint density at radius 2 is 1.95 bits per heavy atom. The lowest BCUT2D eigenvalue weighted by Gasteiger charge is -2.28. The van der Waals surface area contributed by atoms with Crippen LogP contribution < -0.4 is 10.2 Å². The van der Waals surface area contributed by atoms with Crippen LogP contribution in [-0.4, -0.2) is 37.5 Å². The van der Waals surface area contributed by atoms with Gasteiger partial charge in [-0.2, -0.15) is 0 Å². The normalized spacial score (nSPS) is 16.6. The van der Waals surface area contributed by atoms with Gasteiger partial charge < -0.3 is 15.0 Å². The fraction of sp³-hybridized carbons (Fsp3) is 0.533. The Morgan fingerprint density at radius 1 is 1.30 bits per heavy atom. The Balaban J connectivity index is 1.86. The van der Waals surface area contributed by atoms with Gasteiger partial charge in [0.2, 0.25) is 0 Å². The number of ether oxygens (including phenoxy) is 1. The minimum Gasteiger partial charge on any atom is -0.468 e. The second-order valence-electron chi connectivity index (χ2n) is 4.97. The van der Waals surface area contributed by atoms with Gasteiger partial charge in [0.15, 0.2) is 0 Å². The molecule has 0 radical (unpaired) electrons. The number of anilines is 2. The summed E-state index contributed by atoms with van der Waals surface area (Å²) in [6.07, 6.45) is 3.91. The number of carbonyl (C=O) groups excluding carboxylic acids is 1. The van der Waals surface area contributed by atoms with Gasteiger partial charge in [-0.05, 0) is 43.5 Å². The van der Waals surface area contributed by atoms with Gasteiger partial charge in [-0.3, -0.25) is 4.79 Å². The van der Waals surface area contributed by atoms with E-state index in [4.69, 9.17) is 0 Å². The van der Waals surface area contributed by atoms with Crippen LogP contribution in [0.5, 0.6) is 0 Å². The number of rotatable bonds is 5. The van der Waals surface area contributed by atoms with Crippen LogP contribution in [0.4, 0.5) is 11.4 Å². The predicted octanol–water partition coefficient (Wildman–Crippen LogP) is 3.03. The smallest absolute Gasteiger partial charge is 0.321 e. The number of halogens is 1. The number of hydrogen-bond acceptors (Lipinski definition) is 4. The van der Waals surface area contributed by atoms with Crippen molar-refractivity contribution in [2.45, 2.75) is 24.1 Å². The zero-order valence-corrected chi connectivity index (χ0v) is 13.4. The van der Waals surface area contributed by atoms with Crippen LogP contribution in [0.15, 0.2) is 24.3 Å². The quantitative estimate of drug-likeness (QED) is 0.660. The molecule has 1 aliphatic heterocycles. The van der Waals surface area contributed by atoms with Crippen LogP contribution in [0.2, 0.25) is 0 Å². The molecule has 1 N–H and O–H groups in total. The molecule has 0 aromatic heterocycles. The van der Waals surface area contributed by atoms with Gasteiger partial charge in [-0.25, -0.2) is 0 Å². The first-order valence-electron chi connectivity index (χ1n) is 7.01. The molecule has 4 nitrogen and oxygen atoms in total. The van der Waals surface area contributed by atoms with Crippen molar-refractivity contribution < 1.29 is 9.53 Å². The van der Waals surface area contributed by atoms with Crippen molar-refractivity contribution >= 4 is 33.3 Å². The summed E-state index contributed by atoms with van der Waals surface area (Å²) in [4.78, 5) is 13.4. The van der Waals surface area contributed by atoms with Crippen LogP contribution in [-0.2, 0) is 9.53 Å². The van der Waals surface area contributed by atoms with Crippen molar-refractivity contribution in [2.24, 2.45) is 0 Å². The molecule has 0 aliphatic carbocycles. The summed E-state index contributed by atoms with van der Waals surface area (Å²) < 4.78 is 4.67. The average molecular weight is 341 g/mol. The van der Waals surface area contributed by atoms with Gasteiger partial charge in [0, 0.05) is 31.0 Å². The van der Waals surface area contributed by atoms with Crippen molar-refractivity contribution in [2.75, 3.05) is 37.0 Å². The van der Waals surface area contributed by atoms with Crippen molar-refractivity contribution in [1.29, 1.82) is 0 Å². The highest BCUT2D eigenvalue weighted by molar-refractivity contribution is 9.10. The maximum atomic E-state index is 11.3. The van der Waals surface area contributed by atoms with Gasteiger partial charge in [-0.15, -0.1) is 0 Å². The first-order chi connectivity index (χ1) is 9.70. The molecule has 0 saturated carbocycles. The minimum absolute atomic E-state index is 0.262. The van der Waals surface area contributed by atoms with E-state index in [-0.39, 0.29) is 10.8 Å². The SMILES string of the molecule is COC(=O)C(Br)CNc1ccc(N2CCCCC2)cc1. The molecule has 1 aromatic carbocycles. The van der Waals surface area contributed by atoms with E-state index >= 15 is 0 Å². The van der Waals surface area contributed by atoms with Crippen molar-refractivity contribution in [3.63, 3.8) is 0 Å². The molecule has 1 saturated heterocycles. The van der Waals surface area contributed by atoms with Crippen molar-refractivity contribution in [3.05, 3.63) is 24.3 Å². The molecule has 1 atom stereocenters. The third-order valence-corrected chi connectivity index (χ3v) is 4.23. The summed E-state index contributed by atoms with van der Waals surface area (Å²) >= 11 is 3.29. The highest BCUT2D eigenvalue weighted by Gasteiger charge is 2.14. The van der Waals surface area contributed by atoms with Gasteiger partial charge in [-0.1, -0.05) is 15.9 Å². The van der Waals surface area contributed by atoms with E-state index in [2.05, 4.69) is 55.1 Å². The third kappa shape index (κ3) is 4.13. The highest BCUT2D eigenvalue weighted by atomic mass is 79.9. The highest BCUT2D eigenvalue weighted by Crippen LogP contribution is 2.21. The van der Waals surface area contributed by atoms with Crippen molar-refractivity contribution in [1.82, 2.24) is 0 Å². The monoisotopic (exact) mass is 340 g/mol. The first kappa shape index (κ1) is 15.2. The number of nitrogens with zero attached hydrogens (tertiary/aromatic N) is 1. The number of esters is 1. The number of piperidine rings is 1. The van der Waals surface area contributed by atoms with E-state index in [1.165, 1.54) is 32.1 Å². The Labute approximate surface area is 128 Å². The Kier molecular flexibility index (Phi) is 5.71. The standard InChI is InChI=1S/C15H21BrN2O2/c1-20-15(19)14(16)11-17-12-5-7-13(8-6-12)18-9-3-2-4-10-18/h5-8,14,17H,2-4,9-11H2,1H3. The fourth-order valence-corrected chi connectivity index (χ4v) is 2.71. The lowest BCUT2D eigenvalue weighted by molar-refractivity contribution is -0.139. The number of carbonyl (C=O) groups is 1. The summed E-state index contributed by atoms with van der Waals surface area (Å²) in [7, 11) is 1.39. The van der Waals surface area contributed by atoms with E-state index in [9.17, 15) is 4.79 Å². The second kappa shape index (κ2) is 7.53. The second-order valence-corrected chi connectivity index (χ2v) is 6.07. The Morgan fingerprint density at radius 3 is 2.55 bits per heavy atom. The summed E-state index contributed by atoms with van der Waals surface area (Å²) in [6, 6.07) is 8.38. The van der Waals surface area contributed by atoms with Crippen molar-refractivity contribution in [3.8, 4) is 0 Å². The fourth-order valence-electron chi connectivity index (χ4n) is 2.36. The molecule has 1 heterocycles. The zero-order valence-electron chi connectivity index (χ0n) is 11.8. The van der Waals surface area contributed by atoms with Gasteiger partial charge in [0.1, 0.15) is 4.83 Å². The molecule has 20 heavy (non-hydrogen) atoms. The van der Waals surface area contributed by atoms with E-state index < -0.39 is 0 Å². The zero-order chi connectivity index (χ0) is 14.4.